The third kappa shape index (κ3) is 5.16. The number of ether oxygens (including phenoxy) is 2. The number of esters is 1. The van der Waals surface area contributed by atoms with Crippen molar-refractivity contribution in [3.63, 3.8) is 0 Å². The highest BCUT2D eigenvalue weighted by Gasteiger charge is 2.33. The topological polar surface area (TPSA) is 59.1 Å². The normalized spacial score (nSPS) is 14.4. The van der Waals surface area contributed by atoms with E-state index in [4.69, 9.17) is 9.47 Å². The van der Waals surface area contributed by atoms with Crippen LogP contribution in [0.4, 0.5) is 5.69 Å². The molecule has 0 spiro atoms. The van der Waals surface area contributed by atoms with E-state index in [0.717, 1.165) is 35.1 Å². The summed E-state index contributed by atoms with van der Waals surface area (Å²) >= 11 is 0. The molecule has 6 heteroatoms. The van der Waals surface area contributed by atoms with Crippen LogP contribution in [0.1, 0.15) is 38.1 Å². The predicted molar refractivity (Wildman–Crippen MR) is 134 cm³/mol. The fourth-order valence-electron chi connectivity index (χ4n) is 4.19. The summed E-state index contributed by atoms with van der Waals surface area (Å²) in [5.41, 5.74) is 0.659. The van der Waals surface area contributed by atoms with Gasteiger partial charge in [0.15, 0.2) is 5.60 Å². The Bertz CT molecular complexity index is 1170. The summed E-state index contributed by atoms with van der Waals surface area (Å²) in [7, 11) is 0. The summed E-state index contributed by atoms with van der Waals surface area (Å²) in [5.74, 6) is 0.282. The van der Waals surface area contributed by atoms with Crippen LogP contribution < -0.4 is 9.64 Å². The average Bonchev–Trinajstić information content (AvgIpc) is 2.83. The van der Waals surface area contributed by atoms with Crippen LogP contribution in [0.15, 0.2) is 66.7 Å². The van der Waals surface area contributed by atoms with Gasteiger partial charge < -0.3 is 19.3 Å². The number of anilines is 1. The van der Waals surface area contributed by atoms with Crippen LogP contribution in [0.5, 0.6) is 5.75 Å². The van der Waals surface area contributed by atoms with Gasteiger partial charge in [-0.1, -0.05) is 42.5 Å². The average molecular weight is 461 g/mol. The van der Waals surface area contributed by atoms with E-state index in [-0.39, 0.29) is 12.0 Å². The van der Waals surface area contributed by atoms with Crippen molar-refractivity contribution in [1.82, 2.24) is 4.90 Å². The maximum atomic E-state index is 13.3. The number of piperazine rings is 1. The van der Waals surface area contributed by atoms with Crippen molar-refractivity contribution in [3.05, 3.63) is 72.3 Å². The first kappa shape index (κ1) is 23.6. The van der Waals surface area contributed by atoms with Gasteiger partial charge in [0.05, 0.1) is 6.10 Å². The smallest absolute Gasteiger partial charge is 0.350 e. The van der Waals surface area contributed by atoms with Crippen LogP contribution in [0.3, 0.4) is 0 Å². The van der Waals surface area contributed by atoms with Crippen molar-refractivity contribution >= 4 is 28.3 Å². The quantitative estimate of drug-likeness (QED) is 0.489. The molecule has 178 valence electrons. The Morgan fingerprint density at radius 3 is 2.29 bits per heavy atom. The number of carbonyl (C=O) groups is 2. The van der Waals surface area contributed by atoms with Crippen LogP contribution in [0, 0.1) is 0 Å². The Morgan fingerprint density at radius 2 is 1.56 bits per heavy atom. The van der Waals surface area contributed by atoms with Gasteiger partial charge in [-0.2, -0.15) is 0 Å². The number of rotatable bonds is 6. The molecule has 1 aliphatic heterocycles. The van der Waals surface area contributed by atoms with E-state index in [1.54, 1.807) is 13.8 Å². The lowest BCUT2D eigenvalue weighted by molar-refractivity contribution is -0.163. The van der Waals surface area contributed by atoms with Crippen molar-refractivity contribution in [2.75, 3.05) is 31.1 Å². The highest BCUT2D eigenvalue weighted by molar-refractivity contribution is 6.07. The molecule has 0 unspecified atom stereocenters. The number of amides is 1. The summed E-state index contributed by atoms with van der Waals surface area (Å²) in [6.45, 7) is 9.78. The van der Waals surface area contributed by atoms with Gasteiger partial charge >= 0.3 is 5.97 Å². The highest BCUT2D eigenvalue weighted by Crippen LogP contribution is 2.27. The molecule has 1 fully saturated rings. The molecule has 0 radical (unpaired) electrons. The largest absolute Gasteiger partial charge is 0.476 e. The van der Waals surface area contributed by atoms with Gasteiger partial charge in [-0.15, -0.1) is 0 Å². The van der Waals surface area contributed by atoms with Gasteiger partial charge in [0.2, 0.25) is 0 Å². The fraction of sp³-hybridized carbons (Fsp3) is 0.357. The standard InChI is InChI=1S/C28H32N2O4/c1-20(2)33-27(32)28(3,4)34-23-12-8-11-22(19-23)29-15-17-30(18-16-29)26(31)25-14-7-10-21-9-5-6-13-24(21)25/h5-14,19-20H,15-18H2,1-4H3. The van der Waals surface area contributed by atoms with E-state index in [1.165, 1.54) is 0 Å². The number of carbonyl (C=O) groups excluding carboxylic acids is 2. The van der Waals surface area contributed by atoms with Gasteiger partial charge in [0, 0.05) is 43.5 Å². The van der Waals surface area contributed by atoms with Gasteiger partial charge in [-0.25, -0.2) is 4.79 Å². The fourth-order valence-corrected chi connectivity index (χ4v) is 4.19. The second-order valence-electron chi connectivity index (χ2n) is 9.37. The second kappa shape index (κ2) is 9.75. The Hall–Kier alpha value is -3.54. The molecular weight excluding hydrogens is 428 g/mol. The number of hydrogen-bond donors (Lipinski definition) is 0. The maximum Gasteiger partial charge on any atom is 0.350 e. The van der Waals surface area contributed by atoms with Crippen molar-refractivity contribution in [3.8, 4) is 5.75 Å². The van der Waals surface area contributed by atoms with Gasteiger partial charge in [-0.05, 0) is 56.7 Å². The molecule has 1 aliphatic rings. The second-order valence-corrected chi connectivity index (χ2v) is 9.37. The zero-order valence-corrected chi connectivity index (χ0v) is 20.3. The molecule has 34 heavy (non-hydrogen) atoms. The van der Waals surface area contributed by atoms with Crippen LogP contribution in [0.25, 0.3) is 10.8 Å². The molecule has 0 aliphatic carbocycles. The summed E-state index contributed by atoms with van der Waals surface area (Å²) in [4.78, 5) is 29.8. The highest BCUT2D eigenvalue weighted by atomic mass is 16.6. The Labute approximate surface area is 201 Å². The summed E-state index contributed by atoms with van der Waals surface area (Å²) in [6.07, 6.45) is -0.199. The van der Waals surface area contributed by atoms with E-state index in [9.17, 15) is 9.59 Å². The Kier molecular flexibility index (Phi) is 6.77. The number of hydrogen-bond acceptors (Lipinski definition) is 5. The maximum absolute atomic E-state index is 13.3. The van der Waals surface area contributed by atoms with Crippen LogP contribution in [0.2, 0.25) is 0 Å². The number of nitrogens with zero attached hydrogens (tertiary/aromatic N) is 2. The summed E-state index contributed by atoms with van der Waals surface area (Å²) in [6, 6.07) is 21.6. The van der Waals surface area contributed by atoms with E-state index in [0.29, 0.717) is 18.8 Å². The zero-order chi connectivity index (χ0) is 24.3. The minimum absolute atomic E-state index is 0.0685. The first-order valence-electron chi connectivity index (χ1n) is 11.8. The van der Waals surface area contributed by atoms with Gasteiger partial charge in [0.1, 0.15) is 5.75 Å². The zero-order valence-electron chi connectivity index (χ0n) is 20.3. The lowest BCUT2D eigenvalue weighted by Gasteiger charge is -2.36. The molecule has 0 atom stereocenters. The van der Waals surface area contributed by atoms with Crippen molar-refractivity contribution in [2.45, 2.75) is 39.4 Å². The van der Waals surface area contributed by atoms with Crippen LogP contribution >= 0.6 is 0 Å². The minimum Gasteiger partial charge on any atom is -0.476 e. The van der Waals surface area contributed by atoms with E-state index in [2.05, 4.69) is 4.90 Å². The SMILES string of the molecule is CC(C)OC(=O)C(C)(C)Oc1cccc(N2CCN(C(=O)c3cccc4ccccc34)CC2)c1. The Balaban J connectivity index is 1.41. The van der Waals surface area contributed by atoms with Gasteiger partial charge in [-0.3, -0.25) is 4.79 Å². The number of benzene rings is 3. The first-order chi connectivity index (χ1) is 16.2. The molecule has 6 nitrogen and oxygen atoms in total. The molecule has 1 heterocycles. The molecule has 4 rings (SSSR count). The molecule has 1 amide bonds. The molecule has 0 saturated carbocycles. The monoisotopic (exact) mass is 460 g/mol. The Morgan fingerprint density at radius 1 is 0.882 bits per heavy atom. The van der Waals surface area contributed by atoms with E-state index >= 15 is 0 Å². The molecule has 3 aromatic rings. The molecule has 1 saturated heterocycles. The van der Waals surface area contributed by atoms with Crippen LogP contribution in [-0.4, -0.2) is 54.7 Å². The first-order valence-corrected chi connectivity index (χ1v) is 11.8. The molecule has 0 N–H and O–H groups in total. The molecule has 0 bridgehead atoms. The van der Waals surface area contributed by atoms with Crippen molar-refractivity contribution in [1.29, 1.82) is 0 Å². The van der Waals surface area contributed by atoms with E-state index < -0.39 is 11.6 Å². The molecule has 3 aromatic carbocycles. The summed E-state index contributed by atoms with van der Waals surface area (Å²) < 4.78 is 11.3. The van der Waals surface area contributed by atoms with Crippen molar-refractivity contribution < 1.29 is 19.1 Å². The van der Waals surface area contributed by atoms with Crippen molar-refractivity contribution in [2.24, 2.45) is 0 Å². The summed E-state index contributed by atoms with van der Waals surface area (Å²) in [5, 5.41) is 2.06. The van der Waals surface area contributed by atoms with Crippen LogP contribution in [-0.2, 0) is 9.53 Å². The lowest BCUT2D eigenvalue weighted by Crippen LogP contribution is -2.48. The predicted octanol–water partition coefficient (Wildman–Crippen LogP) is 4.91. The molecular formula is C28H32N2O4. The van der Waals surface area contributed by atoms with Gasteiger partial charge in [0.25, 0.3) is 5.91 Å². The van der Waals surface area contributed by atoms with E-state index in [1.807, 2.05) is 85.5 Å². The number of fused-ring (bicyclic) bond motifs is 1. The third-order valence-corrected chi connectivity index (χ3v) is 5.98. The third-order valence-electron chi connectivity index (χ3n) is 5.98. The lowest BCUT2D eigenvalue weighted by atomic mass is 10.0. The molecule has 0 aromatic heterocycles. The minimum atomic E-state index is -1.09.